The highest BCUT2D eigenvalue weighted by Crippen LogP contribution is 2.38. The lowest BCUT2D eigenvalue weighted by Gasteiger charge is -2.13. The van der Waals surface area contributed by atoms with Gasteiger partial charge in [0.2, 0.25) is 0 Å². The van der Waals surface area contributed by atoms with E-state index in [9.17, 15) is 4.79 Å². The largest absolute Gasteiger partial charge is 0.338 e. The van der Waals surface area contributed by atoms with Gasteiger partial charge in [0.25, 0.3) is 0 Å². The van der Waals surface area contributed by atoms with E-state index < -0.39 is 0 Å². The Morgan fingerprint density at radius 2 is 1.68 bits per heavy atom. The Balaban J connectivity index is 2.07. The molecule has 0 fully saturated rings. The molecule has 1 unspecified atom stereocenters. The van der Waals surface area contributed by atoms with E-state index in [1.807, 2.05) is 66.5 Å². The van der Waals surface area contributed by atoms with Crippen molar-refractivity contribution >= 4 is 28.7 Å². The van der Waals surface area contributed by atoms with E-state index in [1.54, 1.807) is 0 Å². The molecule has 94 valence electrons. The maximum atomic E-state index is 12.7. The highest BCUT2D eigenvalue weighted by Gasteiger charge is 2.36. The highest BCUT2D eigenvalue weighted by molar-refractivity contribution is 7.80. The van der Waals surface area contributed by atoms with Crippen LogP contribution in [-0.2, 0) is 0 Å². The molecule has 1 aliphatic heterocycles. The molecule has 0 spiro atoms. The average Bonchev–Trinajstić information content (AvgIpc) is 2.72. The maximum Gasteiger partial charge on any atom is 0.177 e. The second-order valence-corrected chi connectivity index (χ2v) is 5.04. The van der Waals surface area contributed by atoms with Crippen LogP contribution in [0.4, 0.5) is 5.69 Å². The van der Waals surface area contributed by atoms with Gasteiger partial charge in [0.15, 0.2) is 5.78 Å². The molecule has 0 amide bonds. The van der Waals surface area contributed by atoms with Crippen LogP contribution in [-0.4, -0.2) is 17.8 Å². The quantitative estimate of drug-likeness (QED) is 0.614. The first-order valence-electron chi connectivity index (χ1n) is 6.16. The van der Waals surface area contributed by atoms with Crippen molar-refractivity contribution in [2.75, 3.05) is 11.9 Å². The molecule has 2 aromatic carbocycles. The zero-order valence-corrected chi connectivity index (χ0v) is 11.4. The van der Waals surface area contributed by atoms with E-state index in [1.165, 1.54) is 0 Å². The van der Waals surface area contributed by atoms with Gasteiger partial charge in [-0.2, -0.15) is 0 Å². The summed E-state index contributed by atoms with van der Waals surface area (Å²) >= 11 is 5.45. The lowest BCUT2D eigenvalue weighted by molar-refractivity contribution is 0.0984. The fraction of sp³-hybridized carbons (Fsp3) is 0.125. The second kappa shape index (κ2) is 4.59. The van der Waals surface area contributed by atoms with Gasteiger partial charge in [-0.1, -0.05) is 60.7 Å². The summed E-state index contributed by atoms with van der Waals surface area (Å²) in [5.41, 5.74) is 2.74. The molecular formula is C16H13NOS. The van der Waals surface area contributed by atoms with Gasteiger partial charge in [-0.3, -0.25) is 4.79 Å². The van der Waals surface area contributed by atoms with Crippen LogP contribution in [0.1, 0.15) is 21.8 Å². The molecule has 1 atom stereocenters. The number of anilines is 1. The minimum Gasteiger partial charge on any atom is -0.338 e. The van der Waals surface area contributed by atoms with Crippen molar-refractivity contribution in [1.29, 1.82) is 0 Å². The third kappa shape index (κ3) is 1.87. The highest BCUT2D eigenvalue weighted by atomic mass is 32.1. The predicted octanol–water partition coefficient (Wildman–Crippen LogP) is 3.43. The molecule has 0 aliphatic carbocycles. The minimum absolute atomic E-state index is 0.0717. The van der Waals surface area contributed by atoms with Crippen LogP contribution in [0.25, 0.3) is 0 Å². The van der Waals surface area contributed by atoms with Crippen molar-refractivity contribution in [3.8, 4) is 0 Å². The molecule has 3 rings (SSSR count). The first-order chi connectivity index (χ1) is 9.20. The number of rotatable bonds is 2. The van der Waals surface area contributed by atoms with Gasteiger partial charge in [0.05, 0.1) is 4.99 Å². The summed E-state index contributed by atoms with van der Waals surface area (Å²) in [4.78, 5) is 15.3. The monoisotopic (exact) mass is 267 g/mol. The molecular weight excluding hydrogens is 254 g/mol. The molecule has 2 aromatic rings. The van der Waals surface area contributed by atoms with Crippen LogP contribution in [0, 0.1) is 0 Å². The number of benzene rings is 2. The van der Waals surface area contributed by atoms with Crippen molar-refractivity contribution in [1.82, 2.24) is 0 Å². The lowest BCUT2D eigenvalue weighted by atomic mass is 9.92. The summed E-state index contributed by atoms with van der Waals surface area (Å²) in [5, 5.41) is 0. The number of likely N-dealkylation sites (N-methyl/N-ethyl adjacent to an activating group) is 1. The average molecular weight is 267 g/mol. The molecule has 1 heterocycles. The molecule has 0 saturated carbocycles. The number of carbonyl (C=O) groups excluding carboxylic acids is 1. The number of Topliss-reactive ketones (excluding diaryl/α,β-unsaturated/α-hetero) is 1. The maximum absolute atomic E-state index is 12.7. The zero-order chi connectivity index (χ0) is 13.4. The number of hydrogen-bond donors (Lipinski definition) is 0. The predicted molar refractivity (Wildman–Crippen MR) is 81.0 cm³/mol. The van der Waals surface area contributed by atoms with Crippen molar-refractivity contribution in [3.05, 3.63) is 65.7 Å². The first-order valence-corrected chi connectivity index (χ1v) is 6.56. The number of fused-ring (bicyclic) bond motifs is 1. The standard InChI is InChI=1S/C16H13NOS/c1-17-13-10-6-5-9-12(13)14(16(17)19)15(18)11-7-3-2-4-8-11/h2-10,14H,1H3. The van der Waals surface area contributed by atoms with E-state index in [4.69, 9.17) is 12.2 Å². The SMILES string of the molecule is CN1C(=S)C(C(=O)c2ccccc2)c2ccccc21. The summed E-state index contributed by atoms with van der Waals surface area (Å²) in [6.45, 7) is 0. The van der Waals surface area contributed by atoms with Gasteiger partial charge >= 0.3 is 0 Å². The molecule has 0 aromatic heterocycles. The number of thiocarbonyl (C=S) groups is 1. The Labute approximate surface area is 117 Å². The van der Waals surface area contributed by atoms with E-state index >= 15 is 0 Å². The van der Waals surface area contributed by atoms with Crippen molar-refractivity contribution in [2.24, 2.45) is 0 Å². The van der Waals surface area contributed by atoms with Crippen LogP contribution in [0.2, 0.25) is 0 Å². The summed E-state index contributed by atoms with van der Waals surface area (Å²) < 4.78 is 0. The second-order valence-electron chi connectivity index (χ2n) is 4.62. The molecule has 0 saturated heterocycles. The molecule has 3 heteroatoms. The Hall–Kier alpha value is -2.00. The summed E-state index contributed by atoms with van der Waals surface area (Å²) in [7, 11) is 1.92. The Kier molecular flexibility index (Phi) is 2.91. The first kappa shape index (κ1) is 12.1. The van der Waals surface area contributed by atoms with Gasteiger partial charge in [0.1, 0.15) is 5.92 Å². The molecule has 0 bridgehead atoms. The summed E-state index contributed by atoms with van der Waals surface area (Å²) in [5.74, 6) is -0.263. The van der Waals surface area contributed by atoms with E-state index in [0.717, 1.165) is 11.3 Å². The molecule has 0 N–H and O–H groups in total. The van der Waals surface area contributed by atoms with E-state index in [0.29, 0.717) is 10.6 Å². The normalized spacial score (nSPS) is 17.4. The third-order valence-corrected chi connectivity index (χ3v) is 4.02. The fourth-order valence-electron chi connectivity index (χ4n) is 2.50. The molecule has 2 nitrogen and oxygen atoms in total. The lowest BCUT2D eigenvalue weighted by Crippen LogP contribution is -2.26. The Morgan fingerprint density at radius 3 is 2.42 bits per heavy atom. The summed E-state index contributed by atoms with van der Waals surface area (Å²) in [6, 6.07) is 17.2. The van der Waals surface area contributed by atoms with Crippen LogP contribution in [0.3, 0.4) is 0 Å². The molecule has 0 radical (unpaired) electrons. The zero-order valence-electron chi connectivity index (χ0n) is 10.5. The van der Waals surface area contributed by atoms with Crippen LogP contribution >= 0.6 is 12.2 Å². The number of carbonyl (C=O) groups is 1. The smallest absolute Gasteiger partial charge is 0.177 e. The van der Waals surface area contributed by atoms with Gasteiger partial charge in [-0.15, -0.1) is 0 Å². The molecule has 1 aliphatic rings. The number of ketones is 1. The Morgan fingerprint density at radius 1 is 1.05 bits per heavy atom. The van der Waals surface area contributed by atoms with Crippen LogP contribution < -0.4 is 4.90 Å². The minimum atomic E-state index is -0.335. The number of hydrogen-bond acceptors (Lipinski definition) is 2. The van der Waals surface area contributed by atoms with E-state index in [2.05, 4.69) is 0 Å². The van der Waals surface area contributed by atoms with Gasteiger partial charge in [0, 0.05) is 18.3 Å². The summed E-state index contributed by atoms with van der Waals surface area (Å²) in [6.07, 6.45) is 0. The molecule has 19 heavy (non-hydrogen) atoms. The fourth-order valence-corrected chi connectivity index (χ4v) is 2.84. The van der Waals surface area contributed by atoms with Crippen molar-refractivity contribution in [3.63, 3.8) is 0 Å². The van der Waals surface area contributed by atoms with Crippen molar-refractivity contribution < 1.29 is 4.79 Å². The topological polar surface area (TPSA) is 20.3 Å². The van der Waals surface area contributed by atoms with Gasteiger partial charge in [-0.25, -0.2) is 0 Å². The van der Waals surface area contributed by atoms with Crippen LogP contribution in [0.15, 0.2) is 54.6 Å². The third-order valence-electron chi connectivity index (χ3n) is 3.51. The van der Waals surface area contributed by atoms with E-state index in [-0.39, 0.29) is 11.7 Å². The van der Waals surface area contributed by atoms with Crippen LogP contribution in [0.5, 0.6) is 0 Å². The Bertz CT molecular complexity index is 651. The number of para-hydroxylation sites is 1. The van der Waals surface area contributed by atoms with Crippen molar-refractivity contribution in [2.45, 2.75) is 5.92 Å². The van der Waals surface area contributed by atoms with Gasteiger partial charge < -0.3 is 4.90 Å². The van der Waals surface area contributed by atoms with Gasteiger partial charge in [-0.05, 0) is 11.6 Å². The number of nitrogens with zero attached hydrogens (tertiary/aromatic N) is 1.